The highest BCUT2D eigenvalue weighted by Crippen LogP contribution is 2.25. The maximum atomic E-state index is 12.5. The number of hydrogen-bond acceptors (Lipinski definition) is 2. The van der Waals surface area contributed by atoms with Crippen LogP contribution in [0.25, 0.3) is 0 Å². The zero-order chi connectivity index (χ0) is 12.1. The molecule has 3 heteroatoms. The minimum Gasteiger partial charge on any atom is -0.342 e. The number of carbonyl (C=O) groups excluding carboxylic acids is 1. The Kier molecular flexibility index (Phi) is 4.84. The molecule has 0 aromatic carbocycles. The normalized spacial score (nSPS) is 31.7. The van der Waals surface area contributed by atoms with Crippen molar-refractivity contribution < 1.29 is 4.79 Å². The molecule has 0 radical (unpaired) electrons. The molecule has 1 saturated carbocycles. The summed E-state index contributed by atoms with van der Waals surface area (Å²) < 4.78 is 0. The molecule has 1 amide bonds. The van der Waals surface area contributed by atoms with Crippen LogP contribution >= 0.6 is 0 Å². The van der Waals surface area contributed by atoms with Crippen LogP contribution in [-0.4, -0.2) is 29.9 Å². The number of rotatable bonds is 1. The van der Waals surface area contributed by atoms with Crippen LogP contribution in [0.2, 0.25) is 0 Å². The van der Waals surface area contributed by atoms with Crippen LogP contribution in [0.3, 0.4) is 0 Å². The fourth-order valence-electron chi connectivity index (χ4n) is 3.17. The van der Waals surface area contributed by atoms with Gasteiger partial charge >= 0.3 is 0 Å². The Labute approximate surface area is 105 Å². The van der Waals surface area contributed by atoms with E-state index in [1.165, 1.54) is 44.9 Å². The van der Waals surface area contributed by atoms with Crippen molar-refractivity contribution in [3.05, 3.63) is 0 Å². The molecule has 2 aliphatic rings. The second-order valence-corrected chi connectivity index (χ2v) is 5.65. The maximum Gasteiger partial charge on any atom is 0.227 e. The summed E-state index contributed by atoms with van der Waals surface area (Å²) in [6.07, 6.45) is 10.6. The van der Waals surface area contributed by atoms with Crippen molar-refractivity contribution >= 4 is 5.91 Å². The average molecular weight is 238 g/mol. The van der Waals surface area contributed by atoms with Crippen LogP contribution in [-0.2, 0) is 4.79 Å². The monoisotopic (exact) mass is 238 g/mol. The molecule has 1 saturated heterocycles. The summed E-state index contributed by atoms with van der Waals surface area (Å²) in [6.45, 7) is 1.92. The van der Waals surface area contributed by atoms with Crippen molar-refractivity contribution in [3.63, 3.8) is 0 Å². The molecule has 0 aromatic heterocycles. The van der Waals surface area contributed by atoms with Crippen LogP contribution < -0.4 is 5.73 Å². The first-order valence-electron chi connectivity index (χ1n) is 7.33. The van der Waals surface area contributed by atoms with Crippen molar-refractivity contribution in [2.24, 2.45) is 11.7 Å². The SMILES string of the molecule is NC1CCCCCC1C(=O)N1CCCCCC1. The van der Waals surface area contributed by atoms with Crippen LogP contribution in [0, 0.1) is 5.92 Å². The van der Waals surface area contributed by atoms with Crippen LogP contribution in [0.1, 0.15) is 57.8 Å². The second-order valence-electron chi connectivity index (χ2n) is 5.65. The number of nitrogens with zero attached hydrogens (tertiary/aromatic N) is 1. The molecule has 0 bridgehead atoms. The third kappa shape index (κ3) is 3.44. The highest BCUT2D eigenvalue weighted by Gasteiger charge is 2.30. The van der Waals surface area contributed by atoms with Crippen molar-refractivity contribution in [2.75, 3.05) is 13.1 Å². The molecule has 98 valence electrons. The predicted octanol–water partition coefficient (Wildman–Crippen LogP) is 2.30. The molecule has 2 fully saturated rings. The fourth-order valence-corrected chi connectivity index (χ4v) is 3.17. The van der Waals surface area contributed by atoms with Gasteiger partial charge in [-0.05, 0) is 25.7 Å². The number of amides is 1. The third-order valence-corrected chi connectivity index (χ3v) is 4.30. The van der Waals surface area contributed by atoms with E-state index in [1.54, 1.807) is 0 Å². The Balaban J connectivity index is 1.96. The largest absolute Gasteiger partial charge is 0.342 e. The van der Waals surface area contributed by atoms with Gasteiger partial charge in [-0.3, -0.25) is 4.79 Å². The number of nitrogens with two attached hydrogens (primary N) is 1. The Morgan fingerprint density at radius 3 is 2.18 bits per heavy atom. The first-order chi connectivity index (χ1) is 8.29. The quantitative estimate of drug-likeness (QED) is 0.712. The standard InChI is InChI=1S/C14H26N2O/c15-13-9-5-3-4-8-12(13)14(17)16-10-6-1-2-7-11-16/h12-13H,1-11,15H2. The highest BCUT2D eigenvalue weighted by atomic mass is 16.2. The van der Waals surface area contributed by atoms with Gasteiger partial charge < -0.3 is 10.6 Å². The van der Waals surface area contributed by atoms with Gasteiger partial charge in [0.2, 0.25) is 5.91 Å². The molecule has 0 spiro atoms. The van der Waals surface area contributed by atoms with Crippen molar-refractivity contribution in [1.82, 2.24) is 4.90 Å². The lowest BCUT2D eigenvalue weighted by Gasteiger charge is -2.28. The van der Waals surface area contributed by atoms with Gasteiger partial charge in [0.15, 0.2) is 0 Å². The summed E-state index contributed by atoms with van der Waals surface area (Å²) in [6, 6.07) is 0.105. The topological polar surface area (TPSA) is 46.3 Å². The van der Waals surface area contributed by atoms with E-state index in [4.69, 9.17) is 5.73 Å². The van der Waals surface area contributed by atoms with Crippen molar-refractivity contribution in [3.8, 4) is 0 Å². The molecule has 2 rings (SSSR count). The first-order valence-corrected chi connectivity index (χ1v) is 7.33. The molecular formula is C14H26N2O. The van der Waals surface area contributed by atoms with E-state index in [1.807, 2.05) is 0 Å². The van der Waals surface area contributed by atoms with Gasteiger partial charge in [-0.1, -0.05) is 32.1 Å². The molecule has 0 aromatic rings. The Morgan fingerprint density at radius 1 is 0.882 bits per heavy atom. The fraction of sp³-hybridized carbons (Fsp3) is 0.929. The summed E-state index contributed by atoms with van der Waals surface area (Å²) in [5.74, 6) is 0.455. The first kappa shape index (κ1) is 12.9. The molecule has 17 heavy (non-hydrogen) atoms. The molecule has 1 aliphatic carbocycles. The summed E-state index contributed by atoms with van der Waals surface area (Å²) in [5.41, 5.74) is 6.18. The van der Waals surface area contributed by atoms with Gasteiger partial charge in [-0.2, -0.15) is 0 Å². The zero-order valence-electron chi connectivity index (χ0n) is 10.9. The van der Waals surface area contributed by atoms with Crippen molar-refractivity contribution in [1.29, 1.82) is 0 Å². The zero-order valence-corrected chi connectivity index (χ0v) is 10.9. The van der Waals surface area contributed by atoms with Gasteiger partial charge in [-0.15, -0.1) is 0 Å². The molecule has 2 unspecified atom stereocenters. The summed E-state index contributed by atoms with van der Waals surface area (Å²) >= 11 is 0. The van der Waals surface area contributed by atoms with E-state index in [2.05, 4.69) is 4.90 Å². The van der Waals surface area contributed by atoms with E-state index in [0.717, 1.165) is 25.9 Å². The summed E-state index contributed by atoms with van der Waals surface area (Å²) in [4.78, 5) is 14.6. The molecule has 2 atom stereocenters. The number of likely N-dealkylation sites (tertiary alicyclic amines) is 1. The van der Waals surface area contributed by atoms with Crippen LogP contribution in [0.4, 0.5) is 0 Å². The van der Waals surface area contributed by atoms with E-state index in [-0.39, 0.29) is 12.0 Å². The van der Waals surface area contributed by atoms with Crippen molar-refractivity contribution in [2.45, 2.75) is 63.8 Å². The maximum absolute atomic E-state index is 12.5. The Bertz CT molecular complexity index is 247. The van der Waals surface area contributed by atoms with Gasteiger partial charge in [0.1, 0.15) is 0 Å². The third-order valence-electron chi connectivity index (χ3n) is 4.30. The smallest absolute Gasteiger partial charge is 0.227 e. The molecule has 3 nitrogen and oxygen atoms in total. The van der Waals surface area contributed by atoms with Crippen LogP contribution in [0.15, 0.2) is 0 Å². The molecule has 2 N–H and O–H groups in total. The summed E-state index contributed by atoms with van der Waals surface area (Å²) in [5, 5.41) is 0. The number of carbonyl (C=O) groups is 1. The summed E-state index contributed by atoms with van der Waals surface area (Å²) in [7, 11) is 0. The van der Waals surface area contributed by atoms with E-state index >= 15 is 0 Å². The average Bonchev–Trinajstić information content (AvgIpc) is 2.70. The lowest BCUT2D eigenvalue weighted by Crippen LogP contribution is -2.44. The van der Waals surface area contributed by atoms with Gasteiger partial charge in [0.25, 0.3) is 0 Å². The molecule has 1 aliphatic heterocycles. The highest BCUT2D eigenvalue weighted by molar-refractivity contribution is 5.79. The lowest BCUT2D eigenvalue weighted by molar-refractivity contribution is -0.136. The van der Waals surface area contributed by atoms with E-state index in [9.17, 15) is 4.79 Å². The lowest BCUT2D eigenvalue weighted by atomic mass is 9.94. The molecule has 1 heterocycles. The second kappa shape index (κ2) is 6.39. The van der Waals surface area contributed by atoms with Gasteiger partial charge in [-0.25, -0.2) is 0 Å². The van der Waals surface area contributed by atoms with Gasteiger partial charge in [0, 0.05) is 19.1 Å². The Hall–Kier alpha value is -0.570. The minimum atomic E-state index is 0.105. The minimum absolute atomic E-state index is 0.105. The van der Waals surface area contributed by atoms with Crippen LogP contribution in [0.5, 0.6) is 0 Å². The number of hydrogen-bond donors (Lipinski definition) is 1. The van der Waals surface area contributed by atoms with Gasteiger partial charge in [0.05, 0.1) is 5.92 Å². The van der Waals surface area contributed by atoms with E-state index < -0.39 is 0 Å². The molecular weight excluding hydrogens is 212 g/mol. The van der Waals surface area contributed by atoms with E-state index in [0.29, 0.717) is 5.91 Å². The predicted molar refractivity (Wildman–Crippen MR) is 69.6 cm³/mol. The Morgan fingerprint density at radius 2 is 1.47 bits per heavy atom.